The van der Waals surface area contributed by atoms with Gasteiger partial charge in [0.15, 0.2) is 0 Å². The van der Waals surface area contributed by atoms with Gasteiger partial charge in [-0.1, -0.05) is 285 Å². The fourth-order valence-corrected chi connectivity index (χ4v) is 14.3. The van der Waals surface area contributed by atoms with Crippen LogP contribution in [0.15, 0.2) is 0 Å². The van der Waals surface area contributed by atoms with Crippen LogP contribution in [0.25, 0.3) is 0 Å². The number of unbranched alkanes of at least 4 members (excludes halogenated alkanes) is 60. The monoisotopic (exact) mass is 1180 g/mol. The van der Waals surface area contributed by atoms with Gasteiger partial charge in [0.2, 0.25) is 0 Å². The first-order valence-corrected chi connectivity index (χ1v) is 40.8. The van der Waals surface area contributed by atoms with Crippen LogP contribution in [-0.2, 0) is 9.05 Å². The first kappa shape index (κ1) is 82.7. The van der Waals surface area contributed by atoms with Crippen LogP contribution in [0, 0.1) is 0 Å². The Morgan fingerprint density at radius 1 is 0.200 bits per heavy atom. The Balaban J connectivity index is 0. The van der Waals surface area contributed by atoms with E-state index in [9.17, 15) is 19.6 Å². The molecule has 0 saturated carbocycles. The summed E-state index contributed by atoms with van der Waals surface area (Å²) in [4.78, 5) is 41.3. The molecule has 6 nitrogen and oxygen atoms in total. The van der Waals surface area contributed by atoms with E-state index >= 15 is 0 Å². The molecule has 486 valence electrons. The Bertz CT molecular complexity index is 1010. The van der Waals surface area contributed by atoms with E-state index in [4.69, 9.17) is 9.05 Å². The SMILES string of the molecule is CCCCCCCCCCCCCCCCCCOP(O)OCCCCCCCCCCCCCCCCCC.CCCCCCCCCCCCCCCCCCP(O)(O)(O)CCCCCCCCCCCCCCCCCC. The molecule has 8 heteroatoms. The zero-order valence-corrected chi connectivity index (χ0v) is 57.4. The fraction of sp³-hybridized carbons (Fsp3) is 1.00. The van der Waals surface area contributed by atoms with Gasteiger partial charge in [-0.3, -0.25) is 0 Å². The fourth-order valence-electron chi connectivity index (χ4n) is 11.7. The molecule has 80 heavy (non-hydrogen) atoms. The number of hydrogen-bond donors (Lipinski definition) is 4. The summed E-state index contributed by atoms with van der Waals surface area (Å²) in [6.45, 7) is 10.4. The summed E-state index contributed by atoms with van der Waals surface area (Å²) in [5.41, 5.74) is 0. The maximum atomic E-state index is 10.5. The summed E-state index contributed by atoms with van der Waals surface area (Å²) in [6.07, 6.45) is 86.1. The Labute approximate surface area is 506 Å². The van der Waals surface area contributed by atoms with Gasteiger partial charge in [-0.15, -0.1) is 0 Å². The number of hydrogen-bond acceptors (Lipinski definition) is 6. The summed E-state index contributed by atoms with van der Waals surface area (Å²) in [6, 6.07) is 0. The summed E-state index contributed by atoms with van der Waals surface area (Å²) < 4.78 is 11.0. The van der Waals surface area contributed by atoms with Gasteiger partial charge in [-0.05, 0) is 12.8 Å². The van der Waals surface area contributed by atoms with Gasteiger partial charge in [0.1, 0.15) is 0 Å². The molecular weight excluding hydrogens is 1020 g/mol. The first-order chi connectivity index (χ1) is 39.2. The molecule has 0 aliphatic carbocycles. The smallest absolute Gasteiger partial charge is 0.0654 e. The summed E-state index contributed by atoms with van der Waals surface area (Å²) in [5, 5.41) is 0. The molecule has 0 aromatic rings. The molecular formula is C72H152O6P2. The van der Waals surface area contributed by atoms with E-state index in [0.29, 0.717) is 13.2 Å². The van der Waals surface area contributed by atoms with Crippen LogP contribution in [0.4, 0.5) is 0 Å². The van der Waals surface area contributed by atoms with Crippen molar-refractivity contribution in [3.63, 3.8) is 0 Å². The van der Waals surface area contributed by atoms with Crippen molar-refractivity contribution in [2.24, 2.45) is 0 Å². The average molecular weight is 1180 g/mol. The quantitative estimate of drug-likeness (QED) is 0.0358. The van der Waals surface area contributed by atoms with Crippen LogP contribution in [0.3, 0.4) is 0 Å². The normalized spacial score (nSPS) is 12.4. The summed E-state index contributed by atoms with van der Waals surface area (Å²) in [5.74, 6) is 0. The van der Waals surface area contributed by atoms with Crippen LogP contribution >= 0.6 is 15.9 Å². The predicted octanol–water partition coefficient (Wildman–Crippen LogP) is 26.5. The molecule has 0 amide bonds. The molecule has 0 fully saturated rings. The second kappa shape index (κ2) is 70.4. The van der Waals surface area contributed by atoms with E-state index in [0.717, 1.165) is 51.4 Å². The molecule has 0 aromatic heterocycles. The van der Waals surface area contributed by atoms with Crippen LogP contribution in [0.5, 0.6) is 0 Å². The second-order valence-corrected chi connectivity index (χ2v) is 30.5. The minimum atomic E-state index is -4.39. The molecule has 0 heterocycles. The maximum absolute atomic E-state index is 10.5. The van der Waals surface area contributed by atoms with Crippen LogP contribution in [0.2, 0.25) is 0 Å². The average Bonchev–Trinajstić information content (AvgIpc) is 3.45. The van der Waals surface area contributed by atoms with Gasteiger partial charge in [0.25, 0.3) is 0 Å². The van der Waals surface area contributed by atoms with Crippen LogP contribution < -0.4 is 0 Å². The molecule has 0 atom stereocenters. The van der Waals surface area contributed by atoms with Crippen molar-refractivity contribution < 1.29 is 28.6 Å². The van der Waals surface area contributed by atoms with Crippen LogP contribution in [-0.4, -0.2) is 45.1 Å². The molecule has 4 N–H and O–H groups in total. The standard InChI is InChI=1S/C36H77O3P.C36H75O3P/c1-3-5-7-9-11-13-15-17-19-21-23-25-27-29-31-33-35-40(37,38,39)36-34-32-30-28-26-24-22-20-18-16-14-12-10-8-6-4-2;1-3-5-7-9-11-13-15-17-19-21-23-25-27-29-31-33-35-38-40(37)39-36-34-32-30-28-26-24-22-20-18-16-14-12-10-8-6-4-2/h37-39H,3-36H2,1-2H3;37H,3-36H2,1-2H3. The van der Waals surface area contributed by atoms with Gasteiger partial charge in [-0.2, -0.15) is 0 Å². The van der Waals surface area contributed by atoms with Gasteiger partial charge in [0.05, 0.1) is 13.2 Å². The summed E-state index contributed by atoms with van der Waals surface area (Å²) in [7, 11) is -6.06. The molecule has 0 aliphatic heterocycles. The van der Waals surface area contributed by atoms with Crippen molar-refractivity contribution in [1.82, 2.24) is 0 Å². The topological polar surface area (TPSA) is 99.4 Å². The van der Waals surface area contributed by atoms with E-state index in [1.807, 2.05) is 0 Å². The molecule has 0 rings (SSSR count). The van der Waals surface area contributed by atoms with E-state index in [2.05, 4.69) is 27.7 Å². The van der Waals surface area contributed by atoms with Gasteiger partial charge in [0, 0.05) is 0 Å². The van der Waals surface area contributed by atoms with E-state index in [1.54, 1.807) is 0 Å². The Morgan fingerprint density at radius 2 is 0.325 bits per heavy atom. The van der Waals surface area contributed by atoms with Crippen molar-refractivity contribution in [3.05, 3.63) is 0 Å². The first-order valence-electron chi connectivity index (χ1n) is 37.2. The zero-order chi connectivity index (χ0) is 58.5. The predicted molar refractivity (Wildman–Crippen MR) is 363 cm³/mol. The Kier molecular flexibility index (Phi) is 72.7. The van der Waals surface area contributed by atoms with Crippen molar-refractivity contribution in [2.75, 3.05) is 25.5 Å². The molecule has 0 radical (unpaired) electrons. The molecule has 0 aromatic carbocycles. The van der Waals surface area contributed by atoms with Crippen molar-refractivity contribution >= 4 is 15.9 Å². The molecule has 0 bridgehead atoms. The van der Waals surface area contributed by atoms with Crippen LogP contribution in [0.1, 0.15) is 439 Å². The Hall–Kier alpha value is 0.620. The van der Waals surface area contributed by atoms with Gasteiger partial charge < -0.3 is 13.9 Å². The molecule has 0 unspecified atom stereocenters. The van der Waals surface area contributed by atoms with Crippen molar-refractivity contribution in [3.8, 4) is 0 Å². The third kappa shape index (κ3) is 76.6. The molecule has 0 aliphatic rings. The second-order valence-electron chi connectivity index (χ2n) is 25.9. The zero-order valence-electron chi connectivity index (χ0n) is 55.6. The minimum Gasteiger partial charge on any atom is -0.0654 e. The van der Waals surface area contributed by atoms with Crippen molar-refractivity contribution in [1.29, 1.82) is 0 Å². The van der Waals surface area contributed by atoms with E-state index in [1.165, 1.54) is 360 Å². The van der Waals surface area contributed by atoms with E-state index in [-0.39, 0.29) is 12.3 Å². The molecule has 0 spiro atoms. The van der Waals surface area contributed by atoms with E-state index < -0.39 is 15.9 Å². The van der Waals surface area contributed by atoms with Crippen molar-refractivity contribution in [2.45, 2.75) is 439 Å². The summed E-state index contributed by atoms with van der Waals surface area (Å²) >= 11 is 0. The third-order valence-corrected chi connectivity index (χ3v) is 20.6. The Morgan fingerprint density at radius 3 is 0.475 bits per heavy atom. The number of rotatable bonds is 70. The third-order valence-electron chi connectivity index (χ3n) is 17.3. The minimum absolute atomic E-state index is 0.211. The van der Waals surface area contributed by atoms with Gasteiger partial charge >= 0.3 is 184 Å². The van der Waals surface area contributed by atoms with Gasteiger partial charge in [-0.25, -0.2) is 0 Å². The molecule has 0 saturated heterocycles.